The van der Waals surface area contributed by atoms with Gasteiger partial charge in [0.25, 0.3) is 11.8 Å². The van der Waals surface area contributed by atoms with E-state index in [2.05, 4.69) is 33.5 Å². The number of carbonyl (C=O) groups excluding carboxylic acids is 1. The molecule has 1 aliphatic rings. The molecule has 0 unspecified atom stereocenters. The number of benzene rings is 2. The molecular formula is C24H28N4O2. The molecule has 1 saturated carbocycles. The molecule has 0 spiro atoms. The summed E-state index contributed by atoms with van der Waals surface area (Å²) in [5.41, 5.74) is 3.38. The minimum atomic E-state index is -0.129. The monoisotopic (exact) mass is 404 g/mol. The Morgan fingerprint density at radius 3 is 2.53 bits per heavy atom. The summed E-state index contributed by atoms with van der Waals surface area (Å²) in [7, 11) is 2.19. The predicted molar refractivity (Wildman–Crippen MR) is 117 cm³/mol. The lowest BCUT2D eigenvalue weighted by molar-refractivity contribution is 0.102. The first-order valence-electron chi connectivity index (χ1n) is 10.6. The molecule has 3 aromatic rings. The zero-order valence-electron chi connectivity index (χ0n) is 17.6. The molecule has 1 aliphatic carbocycles. The van der Waals surface area contributed by atoms with Gasteiger partial charge in [0.15, 0.2) is 5.82 Å². The Morgan fingerprint density at radius 2 is 1.83 bits per heavy atom. The van der Waals surface area contributed by atoms with Crippen LogP contribution in [-0.2, 0) is 6.54 Å². The first kappa shape index (κ1) is 20.3. The first-order valence-corrected chi connectivity index (χ1v) is 10.6. The van der Waals surface area contributed by atoms with Crippen LogP contribution in [0.2, 0.25) is 0 Å². The van der Waals surface area contributed by atoms with Gasteiger partial charge in [0.05, 0.1) is 0 Å². The van der Waals surface area contributed by atoms with Crippen LogP contribution >= 0.6 is 0 Å². The van der Waals surface area contributed by atoms with Crippen LogP contribution in [0.15, 0.2) is 53.1 Å². The Hall–Kier alpha value is -2.99. The number of aromatic nitrogens is 2. The SMILES string of the molecule is Cc1noc(-c2ccc(C(=O)Nc3ccccc3CN(C)C3CCCCC3)cc2)n1. The highest BCUT2D eigenvalue weighted by atomic mass is 16.5. The highest BCUT2D eigenvalue weighted by Gasteiger charge is 2.19. The smallest absolute Gasteiger partial charge is 0.257 e. The zero-order valence-corrected chi connectivity index (χ0v) is 17.6. The molecular weight excluding hydrogens is 376 g/mol. The molecule has 6 nitrogen and oxygen atoms in total. The van der Waals surface area contributed by atoms with Crippen molar-refractivity contribution in [1.82, 2.24) is 15.0 Å². The summed E-state index contributed by atoms with van der Waals surface area (Å²) in [5, 5.41) is 6.89. The van der Waals surface area contributed by atoms with E-state index in [0.29, 0.717) is 23.3 Å². The number of carbonyl (C=O) groups is 1. The zero-order chi connectivity index (χ0) is 20.9. The van der Waals surface area contributed by atoms with Gasteiger partial charge in [-0.05, 0) is 62.7 Å². The van der Waals surface area contributed by atoms with E-state index in [-0.39, 0.29) is 5.91 Å². The van der Waals surface area contributed by atoms with Crippen LogP contribution in [0.4, 0.5) is 5.69 Å². The van der Waals surface area contributed by atoms with Crippen molar-refractivity contribution in [3.05, 3.63) is 65.5 Å². The first-order chi connectivity index (χ1) is 14.6. The quantitative estimate of drug-likeness (QED) is 0.622. The second-order valence-electron chi connectivity index (χ2n) is 8.04. The van der Waals surface area contributed by atoms with Crippen molar-refractivity contribution in [2.75, 3.05) is 12.4 Å². The van der Waals surface area contributed by atoms with Gasteiger partial charge in [0, 0.05) is 29.4 Å². The molecule has 1 heterocycles. The van der Waals surface area contributed by atoms with Crippen LogP contribution in [0, 0.1) is 6.92 Å². The highest BCUT2D eigenvalue weighted by molar-refractivity contribution is 6.04. The summed E-state index contributed by atoms with van der Waals surface area (Å²) < 4.78 is 5.18. The lowest BCUT2D eigenvalue weighted by Gasteiger charge is -2.31. The Bertz CT molecular complexity index is 990. The number of rotatable bonds is 6. The fraction of sp³-hybridized carbons (Fsp3) is 0.375. The van der Waals surface area contributed by atoms with E-state index >= 15 is 0 Å². The molecule has 1 aromatic heterocycles. The van der Waals surface area contributed by atoms with Gasteiger partial charge in [-0.1, -0.05) is 42.6 Å². The van der Waals surface area contributed by atoms with Gasteiger partial charge in [0.1, 0.15) is 0 Å². The maximum Gasteiger partial charge on any atom is 0.257 e. The molecule has 6 heteroatoms. The Balaban J connectivity index is 1.44. The van der Waals surface area contributed by atoms with Gasteiger partial charge < -0.3 is 9.84 Å². The molecule has 1 N–H and O–H groups in total. The molecule has 2 aromatic carbocycles. The van der Waals surface area contributed by atoms with Crippen molar-refractivity contribution in [3.63, 3.8) is 0 Å². The number of nitrogens with zero attached hydrogens (tertiary/aromatic N) is 3. The van der Waals surface area contributed by atoms with Gasteiger partial charge in [-0.3, -0.25) is 9.69 Å². The van der Waals surface area contributed by atoms with Crippen LogP contribution in [0.1, 0.15) is 53.8 Å². The van der Waals surface area contributed by atoms with Gasteiger partial charge >= 0.3 is 0 Å². The number of anilines is 1. The third kappa shape index (κ3) is 4.76. The molecule has 0 aliphatic heterocycles. The van der Waals surface area contributed by atoms with Crippen molar-refractivity contribution in [2.45, 2.75) is 51.6 Å². The van der Waals surface area contributed by atoms with Crippen LogP contribution in [0.3, 0.4) is 0 Å². The molecule has 0 saturated heterocycles. The van der Waals surface area contributed by atoms with E-state index in [9.17, 15) is 4.79 Å². The number of amides is 1. The van der Waals surface area contributed by atoms with Gasteiger partial charge in [-0.25, -0.2) is 0 Å². The van der Waals surface area contributed by atoms with E-state index in [4.69, 9.17) is 4.52 Å². The lowest BCUT2D eigenvalue weighted by Crippen LogP contribution is -2.33. The van der Waals surface area contributed by atoms with Crippen LogP contribution in [0.25, 0.3) is 11.5 Å². The van der Waals surface area contributed by atoms with E-state index in [1.54, 1.807) is 19.1 Å². The number of nitrogens with one attached hydrogen (secondary N) is 1. The molecule has 1 fully saturated rings. The van der Waals surface area contributed by atoms with E-state index in [1.165, 1.54) is 32.1 Å². The summed E-state index contributed by atoms with van der Waals surface area (Å²) in [5.74, 6) is 0.910. The van der Waals surface area contributed by atoms with Gasteiger partial charge in [-0.2, -0.15) is 4.98 Å². The molecule has 0 radical (unpaired) electrons. The molecule has 4 rings (SSSR count). The van der Waals surface area contributed by atoms with Crippen molar-refractivity contribution in [2.24, 2.45) is 0 Å². The largest absolute Gasteiger partial charge is 0.334 e. The number of hydrogen-bond donors (Lipinski definition) is 1. The maximum atomic E-state index is 12.8. The number of aryl methyl sites for hydroxylation is 1. The van der Waals surface area contributed by atoms with E-state index in [0.717, 1.165) is 23.4 Å². The van der Waals surface area contributed by atoms with Crippen molar-refractivity contribution in [1.29, 1.82) is 0 Å². The van der Waals surface area contributed by atoms with Crippen LogP contribution in [0.5, 0.6) is 0 Å². The van der Waals surface area contributed by atoms with Gasteiger partial charge in [0.2, 0.25) is 0 Å². The molecule has 1 amide bonds. The fourth-order valence-electron chi connectivity index (χ4n) is 4.07. The fourth-order valence-corrected chi connectivity index (χ4v) is 4.07. The average Bonchev–Trinajstić information content (AvgIpc) is 3.22. The third-order valence-electron chi connectivity index (χ3n) is 5.80. The Labute approximate surface area is 177 Å². The third-order valence-corrected chi connectivity index (χ3v) is 5.80. The predicted octanol–water partition coefficient (Wildman–Crippen LogP) is 5.06. The van der Waals surface area contributed by atoms with E-state index < -0.39 is 0 Å². The standard InChI is InChI=1S/C24H28N4O2/c1-17-25-24(30-27-17)19-14-12-18(13-15-19)23(29)26-22-11-7-6-8-20(22)16-28(2)21-9-4-3-5-10-21/h6-8,11-15,21H,3-5,9-10,16H2,1-2H3,(H,26,29). The summed E-state index contributed by atoms with van der Waals surface area (Å²) >= 11 is 0. The molecule has 30 heavy (non-hydrogen) atoms. The number of para-hydroxylation sites is 1. The van der Waals surface area contributed by atoms with Crippen molar-refractivity contribution >= 4 is 11.6 Å². The van der Waals surface area contributed by atoms with E-state index in [1.807, 2.05) is 30.3 Å². The van der Waals surface area contributed by atoms with Crippen LogP contribution < -0.4 is 5.32 Å². The molecule has 0 bridgehead atoms. The Morgan fingerprint density at radius 1 is 1.10 bits per heavy atom. The van der Waals surface area contributed by atoms with Crippen molar-refractivity contribution in [3.8, 4) is 11.5 Å². The van der Waals surface area contributed by atoms with Crippen molar-refractivity contribution < 1.29 is 9.32 Å². The molecule has 156 valence electrons. The second-order valence-corrected chi connectivity index (χ2v) is 8.04. The summed E-state index contributed by atoms with van der Waals surface area (Å²) in [6, 6.07) is 15.9. The lowest BCUT2D eigenvalue weighted by atomic mass is 9.94. The number of hydrogen-bond acceptors (Lipinski definition) is 5. The minimum absolute atomic E-state index is 0.129. The summed E-state index contributed by atoms with van der Waals surface area (Å²) in [6.07, 6.45) is 6.49. The topological polar surface area (TPSA) is 71.3 Å². The minimum Gasteiger partial charge on any atom is -0.334 e. The summed E-state index contributed by atoms with van der Waals surface area (Å²) in [6.45, 7) is 2.61. The maximum absolute atomic E-state index is 12.8. The second kappa shape index (κ2) is 9.22. The average molecular weight is 405 g/mol. The summed E-state index contributed by atoms with van der Waals surface area (Å²) in [4.78, 5) is 19.5. The Kier molecular flexibility index (Phi) is 6.23. The molecule has 0 atom stereocenters. The normalized spacial score (nSPS) is 14.8. The highest BCUT2D eigenvalue weighted by Crippen LogP contribution is 2.25. The van der Waals surface area contributed by atoms with Gasteiger partial charge in [-0.15, -0.1) is 0 Å². The van der Waals surface area contributed by atoms with Crippen LogP contribution in [-0.4, -0.2) is 34.0 Å².